The summed E-state index contributed by atoms with van der Waals surface area (Å²) in [5.74, 6) is -1.08. The zero-order chi connectivity index (χ0) is 23.1. The van der Waals surface area contributed by atoms with E-state index in [1.165, 1.54) is 7.11 Å². The molecular formula is C21H27N3O7. The van der Waals surface area contributed by atoms with Gasteiger partial charge in [0.25, 0.3) is 0 Å². The standard InChI is InChI=1S/C21H27N3O7/c1-11-13-6-8-16(30-3)12(2)18(13)31-20(28)14(11)7-9-17(25)24-15(19(26)27)5-4-10-23-21(22)29/h6,8,15H,4-5,7,9-10H2,1-3H3,(H,24,25)(H,26,27)(H3,22,23,29). The molecule has 168 valence electrons. The molecule has 3 amide bonds. The number of aliphatic carboxylic acids is 1. The zero-order valence-corrected chi connectivity index (χ0v) is 17.7. The van der Waals surface area contributed by atoms with Crippen molar-refractivity contribution in [3.05, 3.63) is 39.2 Å². The molecule has 0 aliphatic rings. The number of carboxylic acid groups (broad SMARTS) is 1. The van der Waals surface area contributed by atoms with Crippen LogP contribution in [0.2, 0.25) is 0 Å². The van der Waals surface area contributed by atoms with Crippen LogP contribution in [0.4, 0.5) is 4.79 Å². The van der Waals surface area contributed by atoms with Gasteiger partial charge in [0, 0.05) is 29.5 Å². The van der Waals surface area contributed by atoms with Crippen LogP contribution in [0.1, 0.15) is 36.0 Å². The topological polar surface area (TPSA) is 161 Å². The number of rotatable bonds is 10. The van der Waals surface area contributed by atoms with Gasteiger partial charge in [0.2, 0.25) is 5.91 Å². The van der Waals surface area contributed by atoms with Gasteiger partial charge in [-0.2, -0.15) is 0 Å². The highest BCUT2D eigenvalue weighted by molar-refractivity contribution is 5.86. The first-order valence-electron chi connectivity index (χ1n) is 9.81. The van der Waals surface area contributed by atoms with E-state index in [0.29, 0.717) is 34.4 Å². The van der Waals surface area contributed by atoms with E-state index < -0.39 is 29.6 Å². The van der Waals surface area contributed by atoms with Gasteiger partial charge in [-0.25, -0.2) is 14.4 Å². The molecule has 1 atom stereocenters. The number of primary amides is 1. The van der Waals surface area contributed by atoms with Crippen molar-refractivity contribution in [2.45, 2.75) is 45.6 Å². The number of nitrogens with two attached hydrogens (primary N) is 1. The average molecular weight is 433 g/mol. The normalized spacial score (nSPS) is 11.7. The number of nitrogens with one attached hydrogen (secondary N) is 2. The van der Waals surface area contributed by atoms with Gasteiger partial charge in [0.15, 0.2) is 0 Å². The summed E-state index contributed by atoms with van der Waals surface area (Å²) in [5, 5.41) is 14.8. The molecule has 0 bridgehead atoms. The molecule has 2 rings (SSSR count). The lowest BCUT2D eigenvalue weighted by Gasteiger charge is -2.15. The third kappa shape index (κ3) is 5.97. The number of benzene rings is 1. The average Bonchev–Trinajstić information content (AvgIpc) is 2.70. The van der Waals surface area contributed by atoms with E-state index in [1.54, 1.807) is 26.0 Å². The Morgan fingerprint density at radius 3 is 2.55 bits per heavy atom. The number of hydrogen-bond donors (Lipinski definition) is 4. The van der Waals surface area contributed by atoms with Gasteiger partial charge in [0.1, 0.15) is 17.4 Å². The maximum Gasteiger partial charge on any atom is 0.339 e. The molecule has 0 fully saturated rings. The minimum atomic E-state index is -1.18. The van der Waals surface area contributed by atoms with Crippen molar-refractivity contribution in [2.75, 3.05) is 13.7 Å². The van der Waals surface area contributed by atoms with Gasteiger partial charge < -0.3 is 30.6 Å². The van der Waals surface area contributed by atoms with Crippen molar-refractivity contribution in [3.8, 4) is 5.75 Å². The first-order chi connectivity index (χ1) is 14.6. The summed E-state index contributed by atoms with van der Waals surface area (Å²) in [6.07, 6.45) is 0.488. The number of fused-ring (bicyclic) bond motifs is 1. The molecule has 0 aliphatic heterocycles. The largest absolute Gasteiger partial charge is 0.496 e. The summed E-state index contributed by atoms with van der Waals surface area (Å²) in [6, 6.07) is 1.77. The van der Waals surface area contributed by atoms with E-state index in [-0.39, 0.29) is 25.8 Å². The minimum absolute atomic E-state index is 0.0738. The highest BCUT2D eigenvalue weighted by atomic mass is 16.5. The zero-order valence-electron chi connectivity index (χ0n) is 17.7. The Balaban J connectivity index is 2.07. The van der Waals surface area contributed by atoms with Crippen molar-refractivity contribution < 1.29 is 28.6 Å². The quantitative estimate of drug-likeness (QED) is 0.325. The number of aryl methyl sites for hydroxylation is 2. The number of carboxylic acids is 1. The van der Waals surface area contributed by atoms with Gasteiger partial charge >= 0.3 is 17.6 Å². The maximum atomic E-state index is 12.5. The minimum Gasteiger partial charge on any atom is -0.496 e. The fraction of sp³-hybridized carbons (Fsp3) is 0.429. The molecule has 10 heteroatoms. The number of carbonyl (C=O) groups excluding carboxylic acids is 2. The summed E-state index contributed by atoms with van der Waals surface area (Å²) < 4.78 is 10.7. The van der Waals surface area contributed by atoms with Crippen LogP contribution in [-0.2, 0) is 16.0 Å². The van der Waals surface area contributed by atoms with E-state index in [0.717, 1.165) is 5.39 Å². The third-order valence-corrected chi connectivity index (χ3v) is 5.08. The lowest BCUT2D eigenvalue weighted by atomic mass is 10.00. The van der Waals surface area contributed by atoms with Gasteiger partial charge in [-0.1, -0.05) is 0 Å². The van der Waals surface area contributed by atoms with E-state index >= 15 is 0 Å². The van der Waals surface area contributed by atoms with Crippen LogP contribution in [0.25, 0.3) is 11.0 Å². The smallest absolute Gasteiger partial charge is 0.339 e. The highest BCUT2D eigenvalue weighted by Gasteiger charge is 2.21. The van der Waals surface area contributed by atoms with E-state index in [2.05, 4.69) is 10.6 Å². The van der Waals surface area contributed by atoms with Gasteiger partial charge in [-0.3, -0.25) is 4.79 Å². The van der Waals surface area contributed by atoms with E-state index in [1.807, 2.05) is 0 Å². The number of amides is 3. The Hall–Kier alpha value is -3.56. The van der Waals surface area contributed by atoms with Crippen molar-refractivity contribution in [3.63, 3.8) is 0 Å². The second kappa shape index (κ2) is 10.5. The Labute approximate surface area is 178 Å². The molecular weight excluding hydrogens is 406 g/mol. The first-order valence-corrected chi connectivity index (χ1v) is 9.81. The Kier molecular flexibility index (Phi) is 8.00. The Morgan fingerprint density at radius 1 is 1.23 bits per heavy atom. The fourth-order valence-corrected chi connectivity index (χ4v) is 3.36. The van der Waals surface area contributed by atoms with Crippen molar-refractivity contribution in [2.24, 2.45) is 5.73 Å². The molecule has 1 unspecified atom stereocenters. The molecule has 1 aromatic heterocycles. The molecule has 0 aliphatic carbocycles. The molecule has 1 aromatic carbocycles. The first kappa shape index (κ1) is 23.7. The van der Waals surface area contributed by atoms with Crippen molar-refractivity contribution in [1.29, 1.82) is 0 Å². The van der Waals surface area contributed by atoms with Crippen LogP contribution >= 0.6 is 0 Å². The predicted octanol–water partition coefficient (Wildman–Crippen LogP) is 1.37. The fourth-order valence-electron chi connectivity index (χ4n) is 3.36. The molecule has 5 N–H and O–H groups in total. The van der Waals surface area contributed by atoms with Crippen LogP contribution in [-0.4, -0.2) is 42.7 Å². The molecule has 0 saturated carbocycles. The number of carbonyl (C=O) groups is 3. The van der Waals surface area contributed by atoms with Crippen LogP contribution < -0.4 is 26.7 Å². The predicted molar refractivity (Wildman–Crippen MR) is 113 cm³/mol. The third-order valence-electron chi connectivity index (χ3n) is 5.08. The number of ether oxygens (including phenoxy) is 1. The SMILES string of the molecule is COc1ccc2c(C)c(CCC(=O)NC(CCCNC(N)=O)C(=O)O)c(=O)oc2c1C. The molecule has 10 nitrogen and oxygen atoms in total. The molecule has 0 saturated heterocycles. The summed E-state index contributed by atoms with van der Waals surface area (Å²) in [4.78, 5) is 46.8. The van der Waals surface area contributed by atoms with Crippen LogP contribution in [0.15, 0.2) is 21.3 Å². The van der Waals surface area contributed by atoms with E-state index in [4.69, 9.17) is 14.9 Å². The summed E-state index contributed by atoms with van der Waals surface area (Å²) in [5.41, 5.74) is 6.63. The highest BCUT2D eigenvalue weighted by Crippen LogP contribution is 2.29. The van der Waals surface area contributed by atoms with Crippen LogP contribution in [0.3, 0.4) is 0 Å². The summed E-state index contributed by atoms with van der Waals surface area (Å²) in [7, 11) is 1.53. The van der Waals surface area contributed by atoms with Crippen molar-refractivity contribution >= 4 is 28.9 Å². The molecule has 31 heavy (non-hydrogen) atoms. The molecule has 1 heterocycles. The van der Waals surface area contributed by atoms with Gasteiger partial charge in [-0.05, 0) is 50.8 Å². The lowest BCUT2D eigenvalue weighted by Crippen LogP contribution is -2.41. The second-order valence-corrected chi connectivity index (χ2v) is 7.15. The van der Waals surface area contributed by atoms with Gasteiger partial charge in [0.05, 0.1) is 7.11 Å². The number of methoxy groups -OCH3 is 1. The Bertz CT molecular complexity index is 1050. The monoisotopic (exact) mass is 433 g/mol. The van der Waals surface area contributed by atoms with Gasteiger partial charge in [-0.15, -0.1) is 0 Å². The Morgan fingerprint density at radius 2 is 1.94 bits per heavy atom. The number of hydrogen-bond acceptors (Lipinski definition) is 6. The summed E-state index contributed by atoms with van der Waals surface area (Å²) in [6.45, 7) is 3.78. The van der Waals surface area contributed by atoms with Crippen LogP contribution in [0.5, 0.6) is 5.75 Å². The molecule has 0 radical (unpaired) electrons. The molecule has 2 aromatic rings. The molecule has 0 spiro atoms. The van der Waals surface area contributed by atoms with Crippen LogP contribution in [0, 0.1) is 13.8 Å². The lowest BCUT2D eigenvalue weighted by molar-refractivity contribution is -0.142. The maximum absolute atomic E-state index is 12.5. The summed E-state index contributed by atoms with van der Waals surface area (Å²) >= 11 is 0. The van der Waals surface area contributed by atoms with E-state index in [9.17, 15) is 24.3 Å². The van der Waals surface area contributed by atoms with Crippen molar-refractivity contribution in [1.82, 2.24) is 10.6 Å². The number of urea groups is 1. The second-order valence-electron chi connectivity index (χ2n) is 7.15.